The van der Waals surface area contributed by atoms with E-state index in [9.17, 15) is 10.1 Å². The first-order chi connectivity index (χ1) is 10.7. The first-order valence-corrected chi connectivity index (χ1v) is 9.06. The monoisotopic (exact) mass is 317 g/mol. The molecule has 22 heavy (non-hydrogen) atoms. The zero-order chi connectivity index (χ0) is 15.5. The van der Waals surface area contributed by atoms with Gasteiger partial charge in [-0.2, -0.15) is 5.26 Å². The van der Waals surface area contributed by atoms with E-state index < -0.39 is 0 Å². The molecule has 1 aromatic rings. The number of anilines is 1. The standard InChI is InChI=1S/C17H23N3OS/c1-12-5-8-20(9-6-12)10-7-16(21)19-17-14(11-18)13-3-2-4-15(13)22-17/h12H,2-10H2,1H3,(H,19,21). The number of nitriles is 1. The van der Waals surface area contributed by atoms with Gasteiger partial charge in [-0.3, -0.25) is 4.79 Å². The molecular formula is C17H23N3OS. The van der Waals surface area contributed by atoms with E-state index in [0.29, 0.717) is 12.0 Å². The first-order valence-electron chi connectivity index (χ1n) is 8.24. The van der Waals surface area contributed by atoms with Crippen LogP contribution in [0.25, 0.3) is 0 Å². The van der Waals surface area contributed by atoms with Gasteiger partial charge in [0, 0.05) is 17.8 Å². The summed E-state index contributed by atoms with van der Waals surface area (Å²) in [7, 11) is 0. The number of rotatable bonds is 4. The Balaban J connectivity index is 1.53. The Kier molecular flexibility index (Phi) is 4.80. The summed E-state index contributed by atoms with van der Waals surface area (Å²) < 4.78 is 0. The first kappa shape index (κ1) is 15.5. The molecule has 1 fully saturated rings. The number of hydrogen-bond acceptors (Lipinski definition) is 4. The predicted octanol–water partition coefficient (Wildman–Crippen LogP) is 3.17. The largest absolute Gasteiger partial charge is 0.317 e. The van der Waals surface area contributed by atoms with Crippen molar-refractivity contribution < 1.29 is 4.79 Å². The van der Waals surface area contributed by atoms with Crippen molar-refractivity contribution in [2.75, 3.05) is 25.0 Å². The molecule has 1 aliphatic heterocycles. The van der Waals surface area contributed by atoms with Gasteiger partial charge in [0.05, 0.1) is 5.56 Å². The second-order valence-electron chi connectivity index (χ2n) is 6.50. The lowest BCUT2D eigenvalue weighted by atomic mass is 9.99. The number of nitrogens with zero attached hydrogens (tertiary/aromatic N) is 2. The van der Waals surface area contributed by atoms with Gasteiger partial charge in [-0.15, -0.1) is 11.3 Å². The molecule has 118 valence electrons. The molecule has 4 nitrogen and oxygen atoms in total. The summed E-state index contributed by atoms with van der Waals surface area (Å²) in [4.78, 5) is 15.8. The normalized spacial score (nSPS) is 18.9. The van der Waals surface area contributed by atoms with Crippen LogP contribution in [0.15, 0.2) is 0 Å². The molecule has 1 N–H and O–H groups in total. The van der Waals surface area contributed by atoms with Gasteiger partial charge in [-0.25, -0.2) is 0 Å². The molecule has 1 aromatic heterocycles. The molecule has 0 atom stereocenters. The summed E-state index contributed by atoms with van der Waals surface area (Å²) in [6, 6.07) is 2.28. The highest BCUT2D eigenvalue weighted by molar-refractivity contribution is 7.16. The fourth-order valence-electron chi connectivity index (χ4n) is 3.35. The van der Waals surface area contributed by atoms with Crippen LogP contribution in [0.4, 0.5) is 5.00 Å². The molecule has 1 amide bonds. The Morgan fingerprint density at radius 2 is 2.18 bits per heavy atom. The maximum absolute atomic E-state index is 12.2. The van der Waals surface area contributed by atoms with Gasteiger partial charge < -0.3 is 10.2 Å². The van der Waals surface area contributed by atoms with Gasteiger partial charge in [-0.1, -0.05) is 6.92 Å². The summed E-state index contributed by atoms with van der Waals surface area (Å²) in [5, 5.41) is 13.1. The zero-order valence-corrected chi connectivity index (χ0v) is 14.0. The molecule has 2 aliphatic rings. The number of carbonyl (C=O) groups excluding carboxylic acids is 1. The third-order valence-corrected chi connectivity index (χ3v) is 6.02. The van der Waals surface area contributed by atoms with E-state index in [2.05, 4.69) is 23.2 Å². The number of fused-ring (bicyclic) bond motifs is 1. The predicted molar refractivity (Wildman–Crippen MR) is 89.1 cm³/mol. The van der Waals surface area contributed by atoms with E-state index >= 15 is 0 Å². The fourth-order valence-corrected chi connectivity index (χ4v) is 4.60. The molecule has 2 heterocycles. The summed E-state index contributed by atoms with van der Waals surface area (Å²) in [5.41, 5.74) is 1.88. The average molecular weight is 317 g/mol. The van der Waals surface area contributed by atoms with Crippen LogP contribution in [0.5, 0.6) is 0 Å². The van der Waals surface area contributed by atoms with Crippen molar-refractivity contribution in [2.24, 2.45) is 5.92 Å². The molecule has 0 saturated carbocycles. The van der Waals surface area contributed by atoms with Crippen molar-refractivity contribution in [3.8, 4) is 6.07 Å². The van der Waals surface area contributed by atoms with E-state index in [1.165, 1.54) is 23.3 Å². The van der Waals surface area contributed by atoms with E-state index in [4.69, 9.17) is 0 Å². The number of aryl methyl sites for hydroxylation is 1. The highest BCUT2D eigenvalue weighted by Gasteiger charge is 2.23. The Labute approximate surface area is 136 Å². The van der Waals surface area contributed by atoms with Gasteiger partial charge in [0.15, 0.2) is 0 Å². The third-order valence-electron chi connectivity index (χ3n) is 4.82. The number of amides is 1. The van der Waals surface area contributed by atoms with Crippen molar-refractivity contribution in [1.29, 1.82) is 5.26 Å². The highest BCUT2D eigenvalue weighted by Crippen LogP contribution is 2.38. The van der Waals surface area contributed by atoms with Crippen LogP contribution >= 0.6 is 11.3 Å². The molecule has 0 spiro atoms. The Morgan fingerprint density at radius 1 is 1.41 bits per heavy atom. The minimum Gasteiger partial charge on any atom is -0.317 e. The van der Waals surface area contributed by atoms with Gasteiger partial charge in [0.25, 0.3) is 0 Å². The van der Waals surface area contributed by atoms with Crippen LogP contribution in [0.3, 0.4) is 0 Å². The molecule has 0 bridgehead atoms. The van der Waals surface area contributed by atoms with E-state index in [1.54, 1.807) is 11.3 Å². The third kappa shape index (κ3) is 3.34. The lowest BCUT2D eigenvalue weighted by Gasteiger charge is -2.29. The molecule has 1 saturated heterocycles. The van der Waals surface area contributed by atoms with Gasteiger partial charge in [-0.05, 0) is 56.7 Å². The number of carbonyl (C=O) groups is 1. The van der Waals surface area contributed by atoms with Gasteiger partial charge >= 0.3 is 0 Å². The number of nitrogens with one attached hydrogen (secondary N) is 1. The van der Waals surface area contributed by atoms with Crippen LogP contribution in [-0.2, 0) is 17.6 Å². The quantitative estimate of drug-likeness (QED) is 0.928. The van der Waals surface area contributed by atoms with E-state index in [1.807, 2.05) is 0 Å². The minimum atomic E-state index is 0.0371. The zero-order valence-electron chi connectivity index (χ0n) is 13.2. The lowest BCUT2D eigenvalue weighted by Crippen LogP contribution is -2.35. The Bertz CT molecular complexity index is 594. The Morgan fingerprint density at radius 3 is 2.91 bits per heavy atom. The lowest BCUT2D eigenvalue weighted by molar-refractivity contribution is -0.116. The summed E-state index contributed by atoms with van der Waals surface area (Å²) in [6.45, 7) is 5.32. The SMILES string of the molecule is CC1CCN(CCC(=O)Nc2sc3c(c2C#N)CCC3)CC1. The van der Waals surface area contributed by atoms with Crippen LogP contribution in [0.2, 0.25) is 0 Å². The molecule has 0 radical (unpaired) electrons. The minimum absolute atomic E-state index is 0.0371. The molecular weight excluding hydrogens is 294 g/mol. The number of hydrogen-bond donors (Lipinski definition) is 1. The van der Waals surface area contributed by atoms with E-state index in [-0.39, 0.29) is 5.91 Å². The highest BCUT2D eigenvalue weighted by atomic mass is 32.1. The maximum atomic E-state index is 12.2. The molecule has 1 aliphatic carbocycles. The molecule has 0 aromatic carbocycles. The molecule has 0 unspecified atom stereocenters. The summed E-state index contributed by atoms with van der Waals surface area (Å²) in [5.74, 6) is 0.854. The second kappa shape index (κ2) is 6.80. The second-order valence-corrected chi connectivity index (χ2v) is 7.60. The average Bonchev–Trinajstić information content (AvgIpc) is 3.07. The van der Waals surface area contributed by atoms with Crippen molar-refractivity contribution in [3.63, 3.8) is 0 Å². The van der Waals surface area contributed by atoms with Crippen molar-refractivity contribution in [1.82, 2.24) is 4.90 Å². The number of piperidine rings is 1. The van der Waals surface area contributed by atoms with Crippen molar-refractivity contribution in [2.45, 2.75) is 45.4 Å². The van der Waals surface area contributed by atoms with Crippen LogP contribution in [-0.4, -0.2) is 30.4 Å². The molecule has 5 heteroatoms. The summed E-state index contributed by atoms with van der Waals surface area (Å²) in [6.07, 6.45) is 6.15. The van der Waals surface area contributed by atoms with Crippen LogP contribution in [0, 0.1) is 17.2 Å². The number of likely N-dealkylation sites (tertiary alicyclic amines) is 1. The molecule has 3 rings (SSSR count). The smallest absolute Gasteiger partial charge is 0.226 e. The Hall–Kier alpha value is -1.38. The van der Waals surface area contributed by atoms with Gasteiger partial charge in [0.2, 0.25) is 5.91 Å². The maximum Gasteiger partial charge on any atom is 0.226 e. The fraction of sp³-hybridized carbons (Fsp3) is 0.647. The topological polar surface area (TPSA) is 56.1 Å². The van der Waals surface area contributed by atoms with Crippen molar-refractivity contribution >= 4 is 22.2 Å². The van der Waals surface area contributed by atoms with Crippen LogP contribution < -0.4 is 5.32 Å². The van der Waals surface area contributed by atoms with Crippen LogP contribution in [0.1, 0.15) is 48.6 Å². The van der Waals surface area contributed by atoms with Crippen molar-refractivity contribution in [3.05, 3.63) is 16.0 Å². The van der Waals surface area contributed by atoms with Gasteiger partial charge in [0.1, 0.15) is 11.1 Å². The summed E-state index contributed by atoms with van der Waals surface area (Å²) >= 11 is 1.60. The number of thiophene rings is 1. The van der Waals surface area contributed by atoms with E-state index in [0.717, 1.165) is 49.8 Å².